The fourth-order valence-electron chi connectivity index (χ4n) is 1.96. The van der Waals surface area contributed by atoms with Crippen molar-refractivity contribution in [2.75, 3.05) is 11.4 Å². The maximum Gasteiger partial charge on any atom is 0.354 e. The van der Waals surface area contributed by atoms with Gasteiger partial charge in [0.15, 0.2) is 5.69 Å². The summed E-state index contributed by atoms with van der Waals surface area (Å²) >= 11 is 0. The molecule has 2 aromatic rings. The van der Waals surface area contributed by atoms with Gasteiger partial charge in [0.2, 0.25) is 5.95 Å². The smallest absolute Gasteiger partial charge is 0.354 e. The molecule has 0 unspecified atom stereocenters. The molecule has 1 aliphatic rings. The van der Waals surface area contributed by atoms with Gasteiger partial charge in [0, 0.05) is 31.7 Å². The molecule has 0 amide bonds. The summed E-state index contributed by atoms with van der Waals surface area (Å²) in [5.41, 5.74) is 0.00825. The molecule has 3 rings (SSSR count). The normalized spacial score (nSPS) is 14.3. The zero-order valence-corrected chi connectivity index (χ0v) is 9.52. The van der Waals surface area contributed by atoms with Crippen molar-refractivity contribution in [2.45, 2.75) is 13.1 Å². The number of hydrogen-bond donors (Lipinski definition) is 1. The minimum atomic E-state index is -1.04. The van der Waals surface area contributed by atoms with Gasteiger partial charge in [-0.25, -0.2) is 19.7 Å². The van der Waals surface area contributed by atoms with Crippen LogP contribution in [-0.4, -0.2) is 37.1 Å². The van der Waals surface area contributed by atoms with Crippen molar-refractivity contribution in [3.05, 3.63) is 36.2 Å². The number of imidazole rings is 1. The molecule has 1 aliphatic heterocycles. The molecule has 0 radical (unpaired) electrons. The molecule has 92 valence electrons. The SMILES string of the molecule is O=C(O)c1ccnc(N2CCn3ccnc3C2)n1. The molecule has 0 atom stereocenters. The molecule has 7 nitrogen and oxygen atoms in total. The third kappa shape index (κ3) is 1.79. The number of nitrogens with zero attached hydrogens (tertiary/aromatic N) is 5. The quantitative estimate of drug-likeness (QED) is 0.824. The number of carbonyl (C=O) groups is 1. The number of anilines is 1. The first-order valence-electron chi connectivity index (χ1n) is 5.55. The summed E-state index contributed by atoms with van der Waals surface area (Å²) in [5, 5.41) is 8.91. The Balaban J connectivity index is 1.88. The number of aromatic carboxylic acids is 1. The van der Waals surface area contributed by atoms with Crippen molar-refractivity contribution in [2.24, 2.45) is 0 Å². The Morgan fingerprint density at radius 2 is 2.17 bits per heavy atom. The molecule has 0 aliphatic carbocycles. The molecule has 2 aromatic heterocycles. The molecule has 0 aromatic carbocycles. The Bertz CT molecular complexity index is 595. The summed E-state index contributed by atoms with van der Waals surface area (Å²) < 4.78 is 2.07. The second-order valence-electron chi connectivity index (χ2n) is 4.01. The number of rotatable bonds is 2. The van der Waals surface area contributed by atoms with Gasteiger partial charge in [0.25, 0.3) is 0 Å². The summed E-state index contributed by atoms with van der Waals surface area (Å²) in [6, 6.07) is 1.39. The average molecular weight is 245 g/mol. The van der Waals surface area contributed by atoms with E-state index in [4.69, 9.17) is 5.11 Å². The molecule has 0 saturated heterocycles. The van der Waals surface area contributed by atoms with Crippen LogP contribution in [0.4, 0.5) is 5.95 Å². The summed E-state index contributed by atoms with van der Waals surface area (Å²) in [4.78, 5) is 25.2. The number of carboxylic acids is 1. The highest BCUT2D eigenvalue weighted by Gasteiger charge is 2.19. The van der Waals surface area contributed by atoms with E-state index in [9.17, 15) is 4.79 Å². The van der Waals surface area contributed by atoms with Crippen molar-refractivity contribution in [3.63, 3.8) is 0 Å². The minimum Gasteiger partial charge on any atom is -0.477 e. The van der Waals surface area contributed by atoms with Gasteiger partial charge in [-0.2, -0.15) is 0 Å². The van der Waals surface area contributed by atoms with Gasteiger partial charge in [-0.1, -0.05) is 0 Å². The fourth-order valence-corrected chi connectivity index (χ4v) is 1.96. The molecule has 0 saturated carbocycles. The van der Waals surface area contributed by atoms with Crippen molar-refractivity contribution < 1.29 is 9.90 Å². The van der Waals surface area contributed by atoms with Gasteiger partial charge in [0.05, 0.1) is 6.54 Å². The third-order valence-electron chi connectivity index (χ3n) is 2.89. The Morgan fingerprint density at radius 1 is 1.28 bits per heavy atom. The van der Waals surface area contributed by atoms with E-state index >= 15 is 0 Å². The lowest BCUT2D eigenvalue weighted by atomic mass is 10.3. The van der Waals surface area contributed by atoms with Gasteiger partial charge in [-0.15, -0.1) is 0 Å². The molecule has 3 heterocycles. The minimum absolute atomic E-state index is 0.00825. The fraction of sp³-hybridized carbons (Fsp3) is 0.273. The van der Waals surface area contributed by atoms with E-state index in [0.29, 0.717) is 12.5 Å². The molecular formula is C11H11N5O2. The van der Waals surface area contributed by atoms with E-state index in [1.54, 1.807) is 6.20 Å². The summed E-state index contributed by atoms with van der Waals surface area (Å²) in [6.07, 6.45) is 5.15. The monoisotopic (exact) mass is 245 g/mol. The van der Waals surface area contributed by atoms with Gasteiger partial charge in [-0.3, -0.25) is 0 Å². The van der Waals surface area contributed by atoms with Crippen molar-refractivity contribution in [3.8, 4) is 0 Å². The lowest BCUT2D eigenvalue weighted by Gasteiger charge is -2.27. The first-order chi connectivity index (χ1) is 8.74. The van der Waals surface area contributed by atoms with Gasteiger partial charge < -0.3 is 14.6 Å². The van der Waals surface area contributed by atoms with Crippen LogP contribution < -0.4 is 4.90 Å². The van der Waals surface area contributed by atoms with Crippen molar-refractivity contribution in [1.29, 1.82) is 0 Å². The highest BCUT2D eigenvalue weighted by Crippen LogP contribution is 2.16. The lowest BCUT2D eigenvalue weighted by molar-refractivity contribution is 0.0690. The Labute approximate surface area is 103 Å². The number of hydrogen-bond acceptors (Lipinski definition) is 5. The van der Waals surface area contributed by atoms with Gasteiger partial charge in [0.1, 0.15) is 5.82 Å². The topological polar surface area (TPSA) is 84.1 Å². The Hall–Kier alpha value is -2.44. The van der Waals surface area contributed by atoms with Crippen LogP contribution in [0.5, 0.6) is 0 Å². The van der Waals surface area contributed by atoms with Gasteiger partial charge in [-0.05, 0) is 6.07 Å². The van der Waals surface area contributed by atoms with Crippen LogP contribution in [0, 0.1) is 0 Å². The molecule has 7 heteroatoms. The summed E-state index contributed by atoms with van der Waals surface area (Å²) in [6.45, 7) is 2.14. The van der Waals surface area contributed by atoms with Crippen molar-refractivity contribution in [1.82, 2.24) is 19.5 Å². The predicted octanol–water partition coefficient (Wildman–Crippen LogP) is 0.391. The van der Waals surface area contributed by atoms with E-state index in [1.807, 2.05) is 11.1 Å². The molecule has 1 N–H and O–H groups in total. The van der Waals surface area contributed by atoms with Crippen molar-refractivity contribution >= 4 is 11.9 Å². The van der Waals surface area contributed by atoms with Crippen LogP contribution in [0.3, 0.4) is 0 Å². The van der Waals surface area contributed by atoms with Crippen LogP contribution in [0.15, 0.2) is 24.7 Å². The third-order valence-corrected chi connectivity index (χ3v) is 2.89. The zero-order chi connectivity index (χ0) is 12.5. The maximum absolute atomic E-state index is 10.9. The molecule has 18 heavy (non-hydrogen) atoms. The van der Waals surface area contributed by atoms with E-state index < -0.39 is 5.97 Å². The highest BCUT2D eigenvalue weighted by atomic mass is 16.4. The zero-order valence-electron chi connectivity index (χ0n) is 9.52. The Morgan fingerprint density at radius 3 is 3.00 bits per heavy atom. The van der Waals surface area contributed by atoms with Gasteiger partial charge >= 0.3 is 5.97 Å². The molecule has 0 bridgehead atoms. The van der Waals surface area contributed by atoms with E-state index in [1.165, 1.54) is 12.3 Å². The number of carboxylic acid groups (broad SMARTS) is 1. The van der Waals surface area contributed by atoms with E-state index in [2.05, 4.69) is 19.5 Å². The number of fused-ring (bicyclic) bond motifs is 1. The summed E-state index contributed by atoms with van der Waals surface area (Å²) in [5.74, 6) is 0.326. The van der Waals surface area contributed by atoms with E-state index in [0.717, 1.165) is 18.9 Å². The van der Waals surface area contributed by atoms with Crippen LogP contribution in [0.1, 0.15) is 16.3 Å². The second-order valence-corrected chi connectivity index (χ2v) is 4.01. The second kappa shape index (κ2) is 4.10. The largest absolute Gasteiger partial charge is 0.477 e. The van der Waals surface area contributed by atoms with Crippen LogP contribution in [0.2, 0.25) is 0 Å². The standard InChI is InChI=1S/C11H11N5O2/c17-10(18)8-1-2-13-11(14-8)16-6-5-15-4-3-12-9(15)7-16/h1-4H,5-7H2,(H,17,18). The first-order valence-corrected chi connectivity index (χ1v) is 5.55. The molecule has 0 spiro atoms. The highest BCUT2D eigenvalue weighted by molar-refractivity contribution is 5.85. The van der Waals surface area contributed by atoms with Crippen LogP contribution in [0.25, 0.3) is 0 Å². The van der Waals surface area contributed by atoms with E-state index in [-0.39, 0.29) is 5.69 Å². The predicted molar refractivity (Wildman–Crippen MR) is 62.3 cm³/mol. The maximum atomic E-state index is 10.9. The molecular weight excluding hydrogens is 234 g/mol. The molecule has 0 fully saturated rings. The lowest BCUT2D eigenvalue weighted by Crippen LogP contribution is -2.35. The Kier molecular flexibility index (Phi) is 2.44. The first kappa shape index (κ1) is 10.7. The summed E-state index contributed by atoms with van der Waals surface area (Å²) in [7, 11) is 0. The van der Waals surface area contributed by atoms with Crippen LogP contribution in [-0.2, 0) is 13.1 Å². The van der Waals surface area contributed by atoms with Crippen LogP contribution >= 0.6 is 0 Å². The number of aromatic nitrogens is 4. The average Bonchev–Trinajstić information content (AvgIpc) is 2.86.